The largest absolute Gasteiger partial charge is 1.00 e. The fourth-order valence-electron chi connectivity index (χ4n) is 1.54. The fourth-order valence-corrected chi connectivity index (χ4v) is 2.11. The van der Waals surface area contributed by atoms with Crippen LogP contribution in [0.25, 0.3) is 0 Å². The molecule has 0 saturated carbocycles. The predicted molar refractivity (Wildman–Crippen MR) is 64.7 cm³/mol. The topological polar surface area (TPSA) is 54.4 Å². The molecule has 1 N–H and O–H groups in total. The van der Waals surface area contributed by atoms with Crippen LogP contribution < -0.4 is 18.9 Å². The molecular formula is C11H25LiO3S. The van der Waals surface area contributed by atoms with Gasteiger partial charge >= 0.3 is 18.9 Å². The Morgan fingerprint density at radius 2 is 1.44 bits per heavy atom. The Bertz CT molecular complexity index is 243. The van der Waals surface area contributed by atoms with E-state index in [1.807, 2.05) is 0 Å². The molecule has 0 aromatic rings. The monoisotopic (exact) mass is 244 g/mol. The van der Waals surface area contributed by atoms with Crippen LogP contribution in [-0.4, -0.2) is 18.7 Å². The van der Waals surface area contributed by atoms with Crippen LogP contribution in [0, 0.1) is 5.92 Å². The van der Waals surface area contributed by atoms with Crippen LogP contribution in [0.1, 0.15) is 60.2 Å². The summed E-state index contributed by atoms with van der Waals surface area (Å²) in [6.45, 7) is 4.46. The van der Waals surface area contributed by atoms with Crippen molar-refractivity contribution in [2.45, 2.75) is 58.8 Å². The smallest absolute Gasteiger partial charge is 1.00 e. The van der Waals surface area contributed by atoms with E-state index in [1.165, 1.54) is 25.7 Å². The van der Waals surface area contributed by atoms with Crippen LogP contribution in [0.2, 0.25) is 0 Å². The van der Waals surface area contributed by atoms with Gasteiger partial charge in [-0.3, -0.25) is 4.55 Å². The molecule has 5 heteroatoms. The third-order valence-electron chi connectivity index (χ3n) is 2.43. The number of hydrogen-bond donors (Lipinski definition) is 1. The van der Waals surface area contributed by atoms with Gasteiger partial charge in [0.15, 0.2) is 0 Å². The molecule has 0 fully saturated rings. The summed E-state index contributed by atoms with van der Waals surface area (Å²) in [4.78, 5) is 0. The maximum atomic E-state index is 10.4. The SMILES string of the molecule is CC(C)CCCCCCCCS(=O)(=O)O.[H-].[Li+]. The molecule has 0 bridgehead atoms. The standard InChI is InChI=1S/C11H24O3S.Li.H/c1-11(2)9-7-5-3-4-6-8-10-15(12,13)14;;/h11H,3-10H2,1-2H3,(H,12,13,14);;/q;+1;-1. The fraction of sp³-hybridized carbons (Fsp3) is 1.00. The Hall–Kier alpha value is 0.507. The third kappa shape index (κ3) is 16.9. The van der Waals surface area contributed by atoms with Crippen LogP contribution in [0.5, 0.6) is 0 Å². The molecule has 94 valence electrons. The van der Waals surface area contributed by atoms with Crippen LogP contribution >= 0.6 is 0 Å². The molecule has 0 amide bonds. The maximum absolute atomic E-state index is 10.4. The van der Waals surface area contributed by atoms with Gasteiger partial charge < -0.3 is 1.43 Å². The molecule has 0 saturated heterocycles. The zero-order valence-electron chi connectivity index (χ0n) is 11.9. The number of hydrogen-bond acceptors (Lipinski definition) is 2. The van der Waals surface area contributed by atoms with Gasteiger partial charge in [-0.05, 0) is 12.3 Å². The molecule has 0 aliphatic rings. The van der Waals surface area contributed by atoms with E-state index in [-0.39, 0.29) is 26.0 Å². The molecule has 0 radical (unpaired) electrons. The molecule has 0 aliphatic carbocycles. The van der Waals surface area contributed by atoms with Gasteiger partial charge in [0.1, 0.15) is 0 Å². The summed E-state index contributed by atoms with van der Waals surface area (Å²) in [5, 5.41) is 0. The van der Waals surface area contributed by atoms with Gasteiger partial charge in [0.05, 0.1) is 5.75 Å². The van der Waals surface area contributed by atoms with Gasteiger partial charge in [-0.2, -0.15) is 8.42 Å². The third-order valence-corrected chi connectivity index (χ3v) is 3.24. The minimum atomic E-state index is -3.73. The zero-order chi connectivity index (χ0) is 11.7. The summed E-state index contributed by atoms with van der Waals surface area (Å²) in [7, 11) is -3.73. The average molecular weight is 244 g/mol. The summed E-state index contributed by atoms with van der Waals surface area (Å²) >= 11 is 0. The second-order valence-corrected chi connectivity index (χ2v) is 6.16. The summed E-state index contributed by atoms with van der Waals surface area (Å²) in [6, 6.07) is 0. The second-order valence-electron chi connectivity index (χ2n) is 4.59. The van der Waals surface area contributed by atoms with Crippen molar-refractivity contribution in [3.8, 4) is 0 Å². The Balaban J connectivity index is -0.000000980. The normalized spacial score (nSPS) is 11.5. The van der Waals surface area contributed by atoms with Crippen molar-refractivity contribution in [3.63, 3.8) is 0 Å². The zero-order valence-corrected chi connectivity index (χ0v) is 11.7. The molecule has 3 nitrogen and oxygen atoms in total. The molecule has 0 unspecified atom stereocenters. The van der Waals surface area contributed by atoms with Gasteiger partial charge in [0.2, 0.25) is 0 Å². The van der Waals surface area contributed by atoms with Gasteiger partial charge in [0.25, 0.3) is 10.1 Å². The molecule has 0 rings (SSSR count). The Morgan fingerprint density at radius 3 is 1.88 bits per heavy atom. The van der Waals surface area contributed by atoms with E-state index in [0.717, 1.165) is 18.8 Å². The summed E-state index contributed by atoms with van der Waals surface area (Å²) < 4.78 is 29.3. The number of rotatable bonds is 9. The van der Waals surface area contributed by atoms with Crippen molar-refractivity contribution in [1.29, 1.82) is 0 Å². The van der Waals surface area contributed by atoms with Crippen LogP contribution in [0.15, 0.2) is 0 Å². The van der Waals surface area contributed by atoms with E-state index in [9.17, 15) is 8.42 Å². The van der Waals surface area contributed by atoms with Crippen molar-refractivity contribution in [2.24, 2.45) is 5.92 Å². The van der Waals surface area contributed by atoms with Crippen molar-refractivity contribution < 1.29 is 33.3 Å². The van der Waals surface area contributed by atoms with Crippen molar-refractivity contribution in [3.05, 3.63) is 0 Å². The molecule has 0 aromatic heterocycles. The Labute approximate surface area is 114 Å². The first-order valence-corrected chi connectivity index (χ1v) is 7.48. The van der Waals surface area contributed by atoms with E-state index in [1.54, 1.807) is 0 Å². The van der Waals surface area contributed by atoms with Gasteiger partial charge in [0, 0.05) is 0 Å². The predicted octanol–water partition coefficient (Wildman–Crippen LogP) is 0.377. The Morgan fingerprint density at radius 1 is 1.00 bits per heavy atom. The maximum Gasteiger partial charge on any atom is 1.00 e. The average Bonchev–Trinajstić information content (AvgIpc) is 2.07. The second kappa shape index (κ2) is 10.6. The summed E-state index contributed by atoms with van der Waals surface area (Å²) in [5.41, 5.74) is 0. The van der Waals surface area contributed by atoms with Gasteiger partial charge in [-0.25, -0.2) is 0 Å². The van der Waals surface area contributed by atoms with Crippen molar-refractivity contribution in [2.75, 3.05) is 5.75 Å². The molecule has 0 aromatic carbocycles. The van der Waals surface area contributed by atoms with E-state index >= 15 is 0 Å². The van der Waals surface area contributed by atoms with Crippen LogP contribution in [-0.2, 0) is 10.1 Å². The van der Waals surface area contributed by atoms with Gasteiger partial charge in [-0.1, -0.05) is 52.4 Å². The first-order valence-electron chi connectivity index (χ1n) is 5.87. The molecule has 0 aliphatic heterocycles. The van der Waals surface area contributed by atoms with Gasteiger partial charge in [-0.15, -0.1) is 0 Å². The number of unbranched alkanes of at least 4 members (excludes halogenated alkanes) is 5. The summed E-state index contributed by atoms with van der Waals surface area (Å²) in [5.74, 6) is 0.698. The quantitative estimate of drug-likeness (QED) is 0.362. The summed E-state index contributed by atoms with van der Waals surface area (Å²) in [6.07, 6.45) is 7.54. The van der Waals surface area contributed by atoms with Crippen LogP contribution in [0.4, 0.5) is 0 Å². The Kier molecular flexibility index (Phi) is 12.6. The minimum absolute atomic E-state index is 0. The van der Waals surface area contributed by atoms with E-state index in [4.69, 9.17) is 4.55 Å². The molecule has 16 heavy (non-hydrogen) atoms. The van der Waals surface area contributed by atoms with Crippen LogP contribution in [0.3, 0.4) is 0 Å². The minimum Gasteiger partial charge on any atom is -1.00 e. The molecule has 0 heterocycles. The molecule has 0 spiro atoms. The van der Waals surface area contributed by atoms with E-state index < -0.39 is 10.1 Å². The van der Waals surface area contributed by atoms with Crippen molar-refractivity contribution in [1.82, 2.24) is 0 Å². The van der Waals surface area contributed by atoms with E-state index in [0.29, 0.717) is 6.42 Å². The van der Waals surface area contributed by atoms with Crippen molar-refractivity contribution >= 4 is 10.1 Å². The first-order chi connectivity index (χ1) is 6.92. The molecular weight excluding hydrogens is 219 g/mol. The first kappa shape index (κ1) is 18.9. The van der Waals surface area contributed by atoms with E-state index in [2.05, 4.69) is 13.8 Å². The molecule has 0 atom stereocenters.